The van der Waals surface area contributed by atoms with Crippen LogP contribution >= 0.6 is 0 Å². The van der Waals surface area contributed by atoms with Crippen molar-refractivity contribution in [2.75, 3.05) is 65.1 Å². The van der Waals surface area contributed by atoms with Gasteiger partial charge in [0, 0.05) is 84.6 Å². The van der Waals surface area contributed by atoms with Crippen LogP contribution in [0.3, 0.4) is 0 Å². The van der Waals surface area contributed by atoms with Crippen LogP contribution in [0, 0.1) is 45.1 Å². The average Bonchev–Trinajstić information content (AvgIpc) is 1.55. The molecule has 4 fully saturated rings. The predicted molar refractivity (Wildman–Crippen MR) is 289 cm³/mol. The number of anilines is 1. The number of carbonyl (C=O) groups is 4. The molecule has 6 heterocycles. The largest absolute Gasteiger partial charge is 0.453 e. The Morgan fingerprint density at radius 3 is 1.78 bits per heavy atom. The molecule has 8 rings (SSSR count). The number of carbonyl (C=O) groups excluding carboxylic acids is 4. The summed E-state index contributed by atoms with van der Waals surface area (Å²) in [6.45, 7) is 6.23. The van der Waals surface area contributed by atoms with Crippen LogP contribution in [0.2, 0.25) is 0 Å². The maximum absolute atomic E-state index is 16.1. The number of methoxy groups -OCH3 is 2. The fraction of sp³-hybridized carbons (Fsp3) is 0.544. The summed E-state index contributed by atoms with van der Waals surface area (Å²) in [5.74, 6) is 0.954. The Hall–Kier alpha value is -7.26. The van der Waals surface area contributed by atoms with E-state index < -0.39 is 115 Å². The summed E-state index contributed by atoms with van der Waals surface area (Å²) in [6, 6.07) is 5.06. The molecule has 6 N–H and O–H groups in total. The van der Waals surface area contributed by atoms with Gasteiger partial charge in [-0.3, -0.25) is 19.9 Å². The molecule has 0 aliphatic carbocycles. The molecular formula is C57H67F10N10O9+. The zero-order valence-electron chi connectivity index (χ0n) is 48.1. The van der Waals surface area contributed by atoms with Gasteiger partial charge in [-0.1, -0.05) is 37.8 Å². The SMILES string of the molecule is COC(=O)N[C@H](C(=O)N[C@@H](Cc1ccc(C#Cc2ccc(N3CC4(C)CN(C5COC5)CC(C)(C3)C3OC34)nc2)cc1)[C@@H]([OH2+])CN(Cc1c(F)cc(-c2cnn(C(F)F)c2)cc1F)NC(=O)[C@@H](NC(=O)OC)C(C)(C)C(F)(F)F)C(C)(C)C(F)(F)F. The van der Waals surface area contributed by atoms with Gasteiger partial charge in [-0.25, -0.2) is 33.0 Å². The van der Waals surface area contributed by atoms with Crippen LogP contribution in [0.25, 0.3) is 11.1 Å². The minimum absolute atomic E-state index is 0.135. The number of hydrogen-bond donors (Lipinski definition) is 4. The van der Waals surface area contributed by atoms with E-state index in [2.05, 4.69) is 60.8 Å². The molecule has 0 spiro atoms. The molecule has 0 saturated carbocycles. The number of epoxide rings is 1. The van der Waals surface area contributed by atoms with Gasteiger partial charge in [-0.2, -0.15) is 40.2 Å². The molecule has 4 aliphatic heterocycles. The number of ether oxygens (including phenoxy) is 4. The minimum atomic E-state index is -5.22. The second-order valence-electron chi connectivity index (χ2n) is 23.9. The Bertz CT molecular complexity index is 3140. The third-order valence-corrected chi connectivity index (χ3v) is 16.5. The highest BCUT2D eigenvalue weighted by Crippen LogP contribution is 2.55. The van der Waals surface area contributed by atoms with Gasteiger partial charge < -0.3 is 44.9 Å². The van der Waals surface area contributed by atoms with Crippen molar-refractivity contribution in [3.8, 4) is 23.0 Å². The average molecular weight is 1230 g/mol. The van der Waals surface area contributed by atoms with Crippen molar-refractivity contribution in [1.29, 1.82) is 0 Å². The summed E-state index contributed by atoms with van der Waals surface area (Å²) in [4.78, 5) is 62.8. The third kappa shape index (κ3) is 14.1. The van der Waals surface area contributed by atoms with E-state index in [-0.39, 0.29) is 38.8 Å². The molecule has 4 amide bonds. The second-order valence-corrected chi connectivity index (χ2v) is 23.9. The van der Waals surface area contributed by atoms with Gasteiger partial charge in [0.1, 0.15) is 35.6 Å². The molecule has 4 aromatic rings. The van der Waals surface area contributed by atoms with Crippen LogP contribution in [-0.4, -0.2) is 169 Å². The van der Waals surface area contributed by atoms with Crippen molar-refractivity contribution in [3.05, 3.63) is 101 Å². The molecule has 29 heteroatoms. The standard InChI is InChI=1S/C57H66F10N10O9/c1-52(2,56(62,63)64)43(71-50(81)83-7)47(79)70-40(17-32-12-9-31(10-13-32)11-14-33-15-16-42(68-20-33)75-29-54(5)27-74(36-25-85-26-36)28-55(6,30-75)46-45(54)86-46)41(78)24-76(73-48(80)44(72-51(82)84-8)53(3,4)57(65,66)67)23-37-38(58)18-34(19-39(37)59)35-21-69-77(22-35)49(60)61/h9-10,12-13,15-16,18-22,36,40-41,43-46,49,78H,17,23-30H2,1-8H3,(H,70,79)(H,71,81)(H,72,82)(H,73,80)/p+1/t40-,41-,43+,44+,45?,46?,54?,55?/m0/s1. The lowest BCUT2D eigenvalue weighted by Gasteiger charge is -2.48. The second kappa shape index (κ2) is 24.8. The molecular weight excluding hydrogens is 1160 g/mol. The first kappa shape index (κ1) is 64.7. The molecule has 8 atom stereocenters. The van der Waals surface area contributed by atoms with Gasteiger partial charge in [-0.05, 0) is 75.2 Å². The van der Waals surface area contributed by atoms with E-state index in [1.807, 2.05) is 17.4 Å². The zero-order valence-corrected chi connectivity index (χ0v) is 48.1. The third-order valence-electron chi connectivity index (χ3n) is 16.5. The van der Waals surface area contributed by atoms with Gasteiger partial charge in [0.2, 0.25) is 5.91 Å². The number of hydrazine groups is 1. The first-order chi connectivity index (χ1) is 40.2. The van der Waals surface area contributed by atoms with E-state index >= 15 is 8.78 Å². The van der Waals surface area contributed by atoms with E-state index in [0.717, 1.165) is 71.8 Å². The Morgan fingerprint density at radius 1 is 0.767 bits per heavy atom. The van der Waals surface area contributed by atoms with Crippen molar-refractivity contribution >= 4 is 29.8 Å². The lowest BCUT2D eigenvalue weighted by molar-refractivity contribution is -0.221. The van der Waals surface area contributed by atoms with Crippen LogP contribution in [-0.2, 0) is 41.5 Å². The quantitative estimate of drug-likeness (QED) is 0.0256. The van der Waals surface area contributed by atoms with Crippen molar-refractivity contribution in [3.63, 3.8) is 0 Å². The van der Waals surface area contributed by atoms with Gasteiger partial charge in [0.05, 0.1) is 69.3 Å². The normalized spacial score (nSPS) is 22.2. The number of hydrogen-bond acceptors (Lipinski definition) is 13. The van der Waals surface area contributed by atoms with Gasteiger partial charge in [0.25, 0.3) is 5.91 Å². The maximum Gasteiger partial charge on any atom is 0.407 e. The van der Waals surface area contributed by atoms with Gasteiger partial charge in [0.15, 0.2) is 6.10 Å². The highest BCUT2D eigenvalue weighted by Gasteiger charge is 2.66. The summed E-state index contributed by atoms with van der Waals surface area (Å²) < 4.78 is 168. The van der Waals surface area contributed by atoms with E-state index in [4.69, 9.17) is 14.5 Å². The van der Waals surface area contributed by atoms with Crippen LogP contribution < -0.4 is 26.3 Å². The minimum Gasteiger partial charge on any atom is -0.453 e. The first-order valence-corrected chi connectivity index (χ1v) is 27.2. The van der Waals surface area contributed by atoms with Gasteiger partial charge in [-0.15, -0.1) is 0 Å². The molecule has 19 nitrogen and oxygen atoms in total. The van der Waals surface area contributed by atoms with Crippen molar-refractivity contribution in [2.45, 2.75) is 116 Å². The number of nitrogens with zero attached hydrogens (tertiary/aromatic N) is 6. The summed E-state index contributed by atoms with van der Waals surface area (Å²) in [7, 11) is 1.62. The number of amides is 4. The predicted octanol–water partition coefficient (Wildman–Crippen LogP) is 6.61. The maximum atomic E-state index is 16.1. The van der Waals surface area contributed by atoms with Crippen LogP contribution in [0.5, 0.6) is 0 Å². The molecule has 2 bridgehead atoms. The number of alkyl carbamates (subject to hydrolysis) is 2. The number of pyridine rings is 1. The van der Waals surface area contributed by atoms with Crippen LogP contribution in [0.1, 0.15) is 70.3 Å². The summed E-state index contributed by atoms with van der Waals surface area (Å²) in [5, 5.41) is 19.5. The summed E-state index contributed by atoms with van der Waals surface area (Å²) >= 11 is 0. The molecule has 4 saturated heterocycles. The van der Waals surface area contributed by atoms with Crippen LogP contribution in [0.15, 0.2) is 67.1 Å². The van der Waals surface area contributed by atoms with Crippen molar-refractivity contribution in [1.82, 2.24) is 46.0 Å². The highest BCUT2D eigenvalue weighted by atomic mass is 19.4. The fourth-order valence-corrected chi connectivity index (χ4v) is 11.0. The smallest absolute Gasteiger partial charge is 0.407 e. The lowest BCUT2D eigenvalue weighted by atomic mass is 9.81. The molecule has 86 heavy (non-hydrogen) atoms. The molecule has 0 radical (unpaired) electrons. The number of alkyl halides is 8. The summed E-state index contributed by atoms with van der Waals surface area (Å²) in [6.07, 6.45) is -12.1. The number of aromatic nitrogens is 3. The Labute approximate surface area is 488 Å². The van der Waals surface area contributed by atoms with Crippen molar-refractivity contribution < 1.29 is 87.1 Å². The van der Waals surface area contributed by atoms with E-state index in [1.54, 1.807) is 23.6 Å². The van der Waals surface area contributed by atoms with E-state index in [0.29, 0.717) is 67.6 Å². The van der Waals surface area contributed by atoms with E-state index in [9.17, 15) is 59.4 Å². The van der Waals surface area contributed by atoms with E-state index in [1.165, 1.54) is 12.1 Å². The zero-order chi connectivity index (χ0) is 63.1. The highest BCUT2D eigenvalue weighted by molar-refractivity contribution is 5.87. The number of halogens is 10. The fourth-order valence-electron chi connectivity index (χ4n) is 11.0. The Kier molecular flexibility index (Phi) is 18.7. The first-order valence-electron chi connectivity index (χ1n) is 27.2. The number of likely N-dealkylation sites (tertiary alicyclic amines) is 1. The lowest BCUT2D eigenvalue weighted by Crippen LogP contribution is -2.63. The number of rotatable bonds is 19. The van der Waals surface area contributed by atoms with Crippen LogP contribution in [0.4, 0.5) is 59.3 Å². The molecule has 468 valence electrons. The van der Waals surface area contributed by atoms with Gasteiger partial charge >= 0.3 is 31.1 Å². The Balaban J connectivity index is 1.07. The number of benzene rings is 2. The van der Waals surface area contributed by atoms with Crippen molar-refractivity contribution in [2.24, 2.45) is 21.7 Å². The monoisotopic (exact) mass is 1230 g/mol. The Morgan fingerprint density at radius 2 is 1.30 bits per heavy atom. The molecule has 4 aliphatic rings. The number of nitrogens with one attached hydrogen (secondary N) is 4. The topological polar surface area (TPSA) is 220 Å². The summed E-state index contributed by atoms with van der Waals surface area (Å²) in [5.41, 5.74) is -4.37. The molecule has 2 aromatic carbocycles. The molecule has 2 aromatic heterocycles. The molecule has 4 unspecified atom stereocenters.